The number of rotatable bonds is 5. The number of benzene rings is 2. The van der Waals surface area contributed by atoms with Crippen LogP contribution < -0.4 is 10.1 Å². The number of hydrogen-bond donors (Lipinski definition) is 1. The topological polar surface area (TPSA) is 77.2 Å². The Morgan fingerprint density at radius 3 is 2.67 bits per heavy atom. The number of halogens is 2. The summed E-state index contributed by atoms with van der Waals surface area (Å²) in [7, 11) is 0. The predicted octanol–water partition coefficient (Wildman–Crippen LogP) is 4.06. The van der Waals surface area contributed by atoms with Crippen LogP contribution in [0.2, 0.25) is 10.0 Å². The van der Waals surface area contributed by atoms with Gasteiger partial charge < -0.3 is 14.5 Å². The van der Waals surface area contributed by atoms with Crippen molar-refractivity contribution in [2.24, 2.45) is 0 Å². The molecule has 0 radical (unpaired) electrons. The number of ether oxygens (including phenoxy) is 1. The molecule has 1 N–H and O–H groups in total. The van der Waals surface area contributed by atoms with E-state index in [0.29, 0.717) is 27.4 Å². The molecule has 122 valence electrons. The van der Waals surface area contributed by atoms with Gasteiger partial charge in [0.05, 0.1) is 10.7 Å². The summed E-state index contributed by atoms with van der Waals surface area (Å²) in [5.74, 6) is 0.598. The minimum Gasteiger partial charge on any atom is -0.484 e. The number of nitrogens with one attached hydrogen (secondary N) is 1. The fraction of sp³-hybridized carbons (Fsp3) is 0.0625. The lowest BCUT2D eigenvalue weighted by molar-refractivity contribution is -0.118. The highest BCUT2D eigenvalue weighted by atomic mass is 35.5. The molecule has 2 aromatic carbocycles. The van der Waals surface area contributed by atoms with Gasteiger partial charge in [-0.1, -0.05) is 23.2 Å². The lowest BCUT2D eigenvalue weighted by Crippen LogP contribution is -2.20. The van der Waals surface area contributed by atoms with Crippen LogP contribution in [0.3, 0.4) is 0 Å². The number of carbonyl (C=O) groups is 1. The van der Waals surface area contributed by atoms with E-state index in [2.05, 4.69) is 15.5 Å². The van der Waals surface area contributed by atoms with Crippen molar-refractivity contribution < 1.29 is 13.9 Å². The fourth-order valence-electron chi connectivity index (χ4n) is 1.92. The van der Waals surface area contributed by atoms with Crippen molar-refractivity contribution in [2.75, 3.05) is 11.9 Å². The molecule has 24 heavy (non-hydrogen) atoms. The molecule has 0 spiro atoms. The lowest BCUT2D eigenvalue weighted by Gasteiger charge is -2.09. The summed E-state index contributed by atoms with van der Waals surface area (Å²) < 4.78 is 10.5. The molecular weight excluding hydrogens is 353 g/mol. The van der Waals surface area contributed by atoms with Crippen LogP contribution in [0.4, 0.5) is 5.69 Å². The maximum absolute atomic E-state index is 11.9. The molecule has 0 unspecified atom stereocenters. The van der Waals surface area contributed by atoms with Crippen molar-refractivity contribution in [3.05, 3.63) is 58.9 Å². The van der Waals surface area contributed by atoms with Gasteiger partial charge in [-0.2, -0.15) is 0 Å². The van der Waals surface area contributed by atoms with Gasteiger partial charge in [0.15, 0.2) is 6.61 Å². The third kappa shape index (κ3) is 4.04. The zero-order valence-electron chi connectivity index (χ0n) is 12.2. The summed E-state index contributed by atoms with van der Waals surface area (Å²) in [6, 6.07) is 11.8. The summed E-state index contributed by atoms with van der Waals surface area (Å²) in [6.07, 6.45) is 1.26. The average molecular weight is 364 g/mol. The first-order valence-electron chi connectivity index (χ1n) is 6.86. The molecule has 1 aromatic heterocycles. The minimum atomic E-state index is -0.347. The largest absolute Gasteiger partial charge is 0.484 e. The van der Waals surface area contributed by atoms with Crippen LogP contribution in [0, 0.1) is 0 Å². The Hall–Kier alpha value is -2.57. The molecular formula is C16H11Cl2N3O3. The van der Waals surface area contributed by atoms with Gasteiger partial charge in [0.2, 0.25) is 12.3 Å². The molecule has 6 nitrogen and oxygen atoms in total. The molecule has 0 fully saturated rings. The number of amides is 1. The summed E-state index contributed by atoms with van der Waals surface area (Å²) in [6.45, 7) is -0.164. The van der Waals surface area contributed by atoms with Gasteiger partial charge in [-0.3, -0.25) is 4.79 Å². The molecule has 0 aliphatic carbocycles. The Morgan fingerprint density at radius 2 is 1.96 bits per heavy atom. The maximum Gasteiger partial charge on any atom is 0.262 e. The third-order valence-corrected chi connectivity index (χ3v) is 3.60. The highest BCUT2D eigenvalue weighted by molar-refractivity contribution is 6.35. The van der Waals surface area contributed by atoms with Gasteiger partial charge in [0.1, 0.15) is 5.75 Å². The average Bonchev–Trinajstić information content (AvgIpc) is 3.11. The van der Waals surface area contributed by atoms with Gasteiger partial charge in [-0.15, -0.1) is 10.2 Å². The first kappa shape index (κ1) is 16.3. The number of anilines is 1. The van der Waals surface area contributed by atoms with Gasteiger partial charge >= 0.3 is 0 Å². The molecule has 0 aliphatic rings. The summed E-state index contributed by atoms with van der Waals surface area (Å²) >= 11 is 11.9. The van der Waals surface area contributed by atoms with E-state index in [-0.39, 0.29) is 12.5 Å². The Morgan fingerprint density at radius 1 is 1.17 bits per heavy atom. The Bertz CT molecular complexity index is 836. The second-order valence-electron chi connectivity index (χ2n) is 4.73. The molecule has 0 bridgehead atoms. The molecule has 0 saturated carbocycles. The normalized spacial score (nSPS) is 10.4. The van der Waals surface area contributed by atoms with E-state index >= 15 is 0 Å². The van der Waals surface area contributed by atoms with Crippen molar-refractivity contribution in [1.29, 1.82) is 0 Å². The monoisotopic (exact) mass is 363 g/mol. The Labute approximate surface area is 147 Å². The van der Waals surface area contributed by atoms with E-state index in [9.17, 15) is 4.79 Å². The summed E-state index contributed by atoms with van der Waals surface area (Å²) in [4.78, 5) is 11.9. The quantitative estimate of drug-likeness (QED) is 0.739. The van der Waals surface area contributed by atoms with Gasteiger partial charge in [0.25, 0.3) is 5.91 Å². The number of nitrogens with zero attached hydrogens (tertiary/aromatic N) is 2. The van der Waals surface area contributed by atoms with Gasteiger partial charge in [-0.05, 0) is 42.5 Å². The molecule has 3 aromatic rings. The highest BCUT2D eigenvalue weighted by Gasteiger charge is 2.08. The smallest absolute Gasteiger partial charge is 0.262 e. The van der Waals surface area contributed by atoms with E-state index in [1.165, 1.54) is 6.39 Å². The third-order valence-electron chi connectivity index (χ3n) is 3.03. The zero-order chi connectivity index (χ0) is 16.9. The molecule has 1 amide bonds. The van der Waals surface area contributed by atoms with Crippen LogP contribution in [-0.2, 0) is 4.79 Å². The van der Waals surface area contributed by atoms with Crippen molar-refractivity contribution >= 4 is 34.8 Å². The standard InChI is InChI=1S/C16H11Cl2N3O3/c17-11-3-6-13(18)14(7-11)20-15(22)8-23-12-4-1-10(2-5-12)16-21-19-9-24-16/h1-7,9H,8H2,(H,20,22). The van der Waals surface area contributed by atoms with Crippen molar-refractivity contribution in [2.45, 2.75) is 0 Å². The van der Waals surface area contributed by atoms with Crippen LogP contribution in [-0.4, -0.2) is 22.7 Å². The van der Waals surface area contributed by atoms with Crippen LogP contribution in [0.15, 0.2) is 53.3 Å². The van der Waals surface area contributed by atoms with E-state index in [4.69, 9.17) is 32.4 Å². The summed E-state index contributed by atoms with van der Waals surface area (Å²) in [5, 5.41) is 10.9. The molecule has 1 heterocycles. The van der Waals surface area contributed by atoms with Crippen LogP contribution in [0.5, 0.6) is 5.75 Å². The van der Waals surface area contributed by atoms with E-state index in [1.807, 2.05) is 0 Å². The highest BCUT2D eigenvalue weighted by Crippen LogP contribution is 2.25. The second-order valence-corrected chi connectivity index (χ2v) is 5.57. The number of carbonyl (C=O) groups excluding carboxylic acids is 1. The number of hydrogen-bond acceptors (Lipinski definition) is 5. The zero-order valence-corrected chi connectivity index (χ0v) is 13.7. The first-order chi connectivity index (χ1) is 11.6. The first-order valence-corrected chi connectivity index (χ1v) is 7.62. The van der Waals surface area contributed by atoms with E-state index in [1.54, 1.807) is 42.5 Å². The van der Waals surface area contributed by atoms with Gasteiger partial charge in [0, 0.05) is 10.6 Å². The SMILES string of the molecule is O=C(COc1ccc(-c2nnco2)cc1)Nc1cc(Cl)ccc1Cl. The van der Waals surface area contributed by atoms with E-state index in [0.717, 1.165) is 5.56 Å². The van der Waals surface area contributed by atoms with Gasteiger partial charge in [-0.25, -0.2) is 0 Å². The Balaban J connectivity index is 1.57. The molecule has 0 atom stereocenters. The second kappa shape index (κ2) is 7.33. The molecule has 0 aliphatic heterocycles. The fourth-order valence-corrected chi connectivity index (χ4v) is 2.26. The van der Waals surface area contributed by atoms with Crippen LogP contribution in [0.1, 0.15) is 0 Å². The molecule has 0 saturated heterocycles. The van der Waals surface area contributed by atoms with Crippen LogP contribution in [0.25, 0.3) is 11.5 Å². The lowest BCUT2D eigenvalue weighted by atomic mass is 10.2. The minimum absolute atomic E-state index is 0.164. The number of aromatic nitrogens is 2. The predicted molar refractivity (Wildman–Crippen MR) is 90.3 cm³/mol. The molecule has 8 heteroatoms. The van der Waals surface area contributed by atoms with Crippen molar-refractivity contribution in [1.82, 2.24) is 10.2 Å². The van der Waals surface area contributed by atoms with Crippen molar-refractivity contribution in [3.8, 4) is 17.2 Å². The van der Waals surface area contributed by atoms with Crippen molar-refractivity contribution in [3.63, 3.8) is 0 Å². The molecule has 3 rings (SSSR count). The maximum atomic E-state index is 11.9. The van der Waals surface area contributed by atoms with Crippen LogP contribution >= 0.6 is 23.2 Å². The Kier molecular flexibility index (Phi) is 4.98. The summed E-state index contributed by atoms with van der Waals surface area (Å²) in [5.41, 5.74) is 1.19. The van der Waals surface area contributed by atoms with E-state index < -0.39 is 0 Å².